The number of rotatable bonds is 3. The minimum atomic E-state index is -0.551. The Morgan fingerprint density at radius 3 is 2.72 bits per heavy atom. The maximum absolute atomic E-state index is 12.5. The third-order valence-electron chi connectivity index (χ3n) is 4.53. The molecule has 0 radical (unpaired) electrons. The zero-order chi connectivity index (χ0) is 18.0. The number of aliphatic hydroxyl groups is 1. The molecule has 1 aromatic carbocycles. The van der Waals surface area contributed by atoms with Crippen molar-refractivity contribution in [1.29, 1.82) is 0 Å². The van der Waals surface area contributed by atoms with Crippen molar-refractivity contribution in [2.75, 3.05) is 13.1 Å². The van der Waals surface area contributed by atoms with Gasteiger partial charge in [0.2, 0.25) is 0 Å². The highest BCUT2D eigenvalue weighted by Gasteiger charge is 2.44. The largest absolute Gasteiger partial charge is 0.444 e. The van der Waals surface area contributed by atoms with E-state index in [0.717, 1.165) is 19.5 Å². The van der Waals surface area contributed by atoms with Gasteiger partial charge in [0.05, 0.1) is 18.7 Å². The van der Waals surface area contributed by atoms with Crippen LogP contribution in [0.2, 0.25) is 0 Å². The lowest BCUT2D eigenvalue weighted by atomic mass is 10.1. The van der Waals surface area contributed by atoms with Gasteiger partial charge in [0.1, 0.15) is 11.7 Å². The number of β-amino-alcohol motifs (C(OH)–C–C–N with tert-alkyl or cyclic N) is 1. The summed E-state index contributed by atoms with van der Waals surface area (Å²) in [6.07, 6.45) is 0.365. The number of nitrogens with zero attached hydrogens (tertiary/aromatic N) is 2. The minimum Gasteiger partial charge on any atom is -0.444 e. The molecule has 138 valence electrons. The quantitative estimate of drug-likeness (QED) is 0.910. The average Bonchev–Trinajstić information content (AvgIpc) is 3.13. The van der Waals surface area contributed by atoms with Crippen LogP contribution >= 0.6 is 0 Å². The summed E-state index contributed by atoms with van der Waals surface area (Å²) in [5, 5.41) is 12.0. The molecule has 2 fully saturated rings. The zero-order valence-electron chi connectivity index (χ0n) is 15.2. The van der Waals surface area contributed by atoms with Gasteiger partial charge in [-0.05, 0) is 39.2 Å². The first-order valence-electron chi connectivity index (χ1n) is 8.95. The van der Waals surface area contributed by atoms with Gasteiger partial charge in [0.25, 0.3) is 0 Å². The zero-order valence-corrected chi connectivity index (χ0v) is 15.2. The van der Waals surface area contributed by atoms with Gasteiger partial charge < -0.3 is 9.84 Å². The van der Waals surface area contributed by atoms with Gasteiger partial charge in [-0.25, -0.2) is 4.79 Å². The number of amides is 1. The van der Waals surface area contributed by atoms with Crippen LogP contribution in [0.3, 0.4) is 0 Å². The number of hydrogen-bond acceptors (Lipinski definition) is 5. The molecule has 0 aromatic heterocycles. The van der Waals surface area contributed by atoms with Gasteiger partial charge in [-0.3, -0.25) is 9.74 Å². The van der Waals surface area contributed by atoms with Crippen LogP contribution in [0.15, 0.2) is 30.3 Å². The first-order chi connectivity index (χ1) is 11.8. The predicted octanol–water partition coefficient (Wildman–Crippen LogP) is 2.56. The lowest BCUT2D eigenvalue weighted by Crippen LogP contribution is -2.45. The summed E-state index contributed by atoms with van der Waals surface area (Å²) in [4.78, 5) is 20.2. The Morgan fingerprint density at radius 1 is 1.32 bits per heavy atom. The van der Waals surface area contributed by atoms with Crippen LogP contribution in [0.5, 0.6) is 0 Å². The van der Waals surface area contributed by atoms with E-state index in [1.165, 1.54) is 5.56 Å². The number of hydrogen-bond donors (Lipinski definition) is 1. The number of ether oxygens (including phenoxy) is 1. The summed E-state index contributed by atoms with van der Waals surface area (Å²) in [5.41, 5.74) is 0.643. The van der Waals surface area contributed by atoms with Crippen LogP contribution in [-0.4, -0.2) is 58.1 Å². The van der Waals surface area contributed by atoms with Crippen molar-refractivity contribution in [2.24, 2.45) is 0 Å². The van der Waals surface area contributed by atoms with Gasteiger partial charge in [0.15, 0.2) is 0 Å². The van der Waals surface area contributed by atoms with E-state index in [9.17, 15) is 9.90 Å². The Balaban J connectivity index is 1.61. The fourth-order valence-electron chi connectivity index (χ4n) is 3.46. The first-order valence-corrected chi connectivity index (χ1v) is 8.95. The Labute approximate surface area is 149 Å². The maximum Gasteiger partial charge on any atom is 0.410 e. The van der Waals surface area contributed by atoms with Gasteiger partial charge in [-0.1, -0.05) is 30.3 Å². The third kappa shape index (κ3) is 4.71. The van der Waals surface area contributed by atoms with E-state index in [4.69, 9.17) is 9.57 Å². The minimum absolute atomic E-state index is 0.103. The Kier molecular flexibility index (Phi) is 5.32. The number of hydroxylamine groups is 2. The average molecular weight is 348 g/mol. The molecule has 2 aliphatic heterocycles. The fraction of sp³-hybridized carbons (Fsp3) is 0.632. The van der Waals surface area contributed by atoms with Gasteiger partial charge in [-0.2, -0.15) is 5.06 Å². The molecule has 2 heterocycles. The van der Waals surface area contributed by atoms with Gasteiger partial charge >= 0.3 is 6.09 Å². The first kappa shape index (κ1) is 18.2. The van der Waals surface area contributed by atoms with E-state index in [2.05, 4.69) is 12.1 Å². The summed E-state index contributed by atoms with van der Waals surface area (Å²) >= 11 is 0. The molecular weight excluding hydrogens is 320 g/mol. The second kappa shape index (κ2) is 7.32. The molecular formula is C19H28N2O4. The molecule has 1 amide bonds. The molecule has 0 bridgehead atoms. The number of likely N-dealkylation sites (tertiary alicyclic amines) is 1. The van der Waals surface area contributed by atoms with Crippen molar-refractivity contribution in [2.45, 2.75) is 64.0 Å². The fourth-order valence-corrected chi connectivity index (χ4v) is 3.46. The second-order valence-electron chi connectivity index (χ2n) is 7.87. The second-order valence-corrected chi connectivity index (χ2v) is 7.87. The Hall–Kier alpha value is -1.63. The highest BCUT2D eigenvalue weighted by molar-refractivity contribution is 5.69. The van der Waals surface area contributed by atoms with Crippen LogP contribution in [0, 0.1) is 0 Å². The Morgan fingerprint density at radius 2 is 2.04 bits per heavy atom. The molecule has 3 atom stereocenters. The van der Waals surface area contributed by atoms with Crippen molar-refractivity contribution in [1.82, 2.24) is 9.96 Å². The highest BCUT2D eigenvalue weighted by atomic mass is 16.7. The predicted molar refractivity (Wildman–Crippen MR) is 93.7 cm³/mol. The van der Waals surface area contributed by atoms with Crippen LogP contribution < -0.4 is 0 Å². The molecule has 2 saturated heterocycles. The van der Waals surface area contributed by atoms with E-state index >= 15 is 0 Å². The summed E-state index contributed by atoms with van der Waals surface area (Å²) in [5.74, 6) is 0. The van der Waals surface area contributed by atoms with E-state index in [1.54, 1.807) is 4.90 Å². The van der Waals surface area contributed by atoms with E-state index in [1.807, 2.05) is 44.0 Å². The molecule has 3 rings (SSSR count). The van der Waals surface area contributed by atoms with Crippen molar-refractivity contribution < 1.29 is 19.5 Å². The SMILES string of the molecule is CC(C)(C)OC(=O)N1C[C@H](O)C[C@H]1[C@H]1CCN(Cc2ccccc2)O1. The maximum atomic E-state index is 12.5. The van der Waals surface area contributed by atoms with E-state index in [0.29, 0.717) is 13.0 Å². The summed E-state index contributed by atoms with van der Waals surface area (Å²) in [6, 6.07) is 10.0. The lowest BCUT2D eigenvalue weighted by molar-refractivity contribution is -0.166. The summed E-state index contributed by atoms with van der Waals surface area (Å²) in [6.45, 7) is 7.38. The third-order valence-corrected chi connectivity index (χ3v) is 4.53. The Bertz CT molecular complexity index is 587. The summed E-state index contributed by atoms with van der Waals surface area (Å²) < 4.78 is 5.49. The number of aliphatic hydroxyl groups excluding tert-OH is 1. The molecule has 25 heavy (non-hydrogen) atoms. The van der Waals surface area contributed by atoms with Crippen LogP contribution in [-0.2, 0) is 16.1 Å². The van der Waals surface area contributed by atoms with Crippen LogP contribution in [0.25, 0.3) is 0 Å². The summed E-state index contributed by atoms with van der Waals surface area (Å²) in [7, 11) is 0. The monoisotopic (exact) mass is 348 g/mol. The lowest BCUT2D eigenvalue weighted by Gasteiger charge is -2.31. The molecule has 2 aliphatic rings. The van der Waals surface area contributed by atoms with Gasteiger partial charge in [-0.15, -0.1) is 0 Å². The molecule has 0 aliphatic carbocycles. The smallest absolute Gasteiger partial charge is 0.410 e. The number of carbonyl (C=O) groups is 1. The van der Waals surface area contributed by atoms with Crippen LogP contribution in [0.1, 0.15) is 39.2 Å². The van der Waals surface area contributed by atoms with Crippen molar-refractivity contribution in [3.05, 3.63) is 35.9 Å². The van der Waals surface area contributed by atoms with Crippen LogP contribution in [0.4, 0.5) is 4.79 Å². The molecule has 1 aromatic rings. The normalized spacial score (nSPS) is 27.7. The number of carbonyl (C=O) groups excluding carboxylic acids is 1. The van der Waals surface area contributed by atoms with Crippen molar-refractivity contribution in [3.8, 4) is 0 Å². The molecule has 0 saturated carbocycles. The molecule has 6 heteroatoms. The molecule has 6 nitrogen and oxygen atoms in total. The van der Waals surface area contributed by atoms with E-state index in [-0.39, 0.29) is 18.2 Å². The van der Waals surface area contributed by atoms with Gasteiger partial charge in [0, 0.05) is 13.1 Å². The van der Waals surface area contributed by atoms with Crippen molar-refractivity contribution in [3.63, 3.8) is 0 Å². The van der Waals surface area contributed by atoms with Crippen molar-refractivity contribution >= 4 is 6.09 Å². The topological polar surface area (TPSA) is 62.2 Å². The van der Waals surface area contributed by atoms with E-state index < -0.39 is 11.7 Å². The standard InChI is InChI=1S/C19H28N2O4/c1-19(2,3)24-18(23)21-13-15(22)11-16(21)17-9-10-20(25-17)12-14-7-5-4-6-8-14/h4-8,15-17,22H,9-13H2,1-3H3/t15-,16+,17-/m1/s1. The molecule has 1 N–H and O–H groups in total. The molecule has 0 unspecified atom stereocenters. The highest BCUT2D eigenvalue weighted by Crippen LogP contribution is 2.30. The number of benzene rings is 1. The molecule has 0 spiro atoms.